The van der Waals surface area contributed by atoms with Crippen molar-refractivity contribution in [1.29, 1.82) is 0 Å². The highest BCUT2D eigenvalue weighted by molar-refractivity contribution is 6.27. The number of benzene rings is 1. The van der Waals surface area contributed by atoms with Gasteiger partial charge in [-0.2, -0.15) is 5.10 Å². The van der Waals surface area contributed by atoms with E-state index in [1.54, 1.807) is 0 Å². The molecule has 2 aromatic heterocycles. The molecular weight excluding hydrogens is 454 g/mol. The number of likely N-dealkylation sites (tertiary alicyclic amines) is 1. The third-order valence-electron chi connectivity index (χ3n) is 6.75. The number of hydrogen-bond donors (Lipinski definition) is 2. The summed E-state index contributed by atoms with van der Waals surface area (Å²) in [5, 5.41) is 24.8. The Labute approximate surface area is 201 Å². The molecule has 0 bridgehead atoms. The van der Waals surface area contributed by atoms with Crippen LogP contribution < -0.4 is 0 Å². The fraction of sp³-hybridized carbons (Fsp3) is 0.458. The van der Waals surface area contributed by atoms with Crippen LogP contribution in [0, 0.1) is 13.8 Å². The summed E-state index contributed by atoms with van der Waals surface area (Å²) in [6.45, 7) is 9.26. The molecule has 3 aromatic rings. The number of carbonyl (C=O) groups excluding carboxylic acids is 1. The first-order valence-corrected chi connectivity index (χ1v) is 11.6. The molecule has 5 rings (SSSR count). The number of rotatable bonds is 4. The Kier molecular flexibility index (Phi) is 7.15. The van der Waals surface area contributed by atoms with Crippen molar-refractivity contribution in [2.45, 2.75) is 39.2 Å². The van der Waals surface area contributed by atoms with Gasteiger partial charge >= 0.3 is 11.9 Å². The van der Waals surface area contributed by atoms with E-state index in [4.69, 9.17) is 24.3 Å². The fourth-order valence-corrected chi connectivity index (χ4v) is 4.68. The largest absolute Gasteiger partial charge is 0.473 e. The molecule has 35 heavy (non-hydrogen) atoms. The van der Waals surface area contributed by atoms with Crippen LogP contribution in [0.1, 0.15) is 46.2 Å². The van der Waals surface area contributed by atoms with Crippen LogP contribution in [-0.2, 0) is 16.1 Å². The van der Waals surface area contributed by atoms with E-state index in [2.05, 4.69) is 21.2 Å². The zero-order chi connectivity index (χ0) is 25.1. The van der Waals surface area contributed by atoms with Gasteiger partial charge in [0.15, 0.2) is 5.58 Å². The summed E-state index contributed by atoms with van der Waals surface area (Å²) in [4.78, 5) is 35.5. The van der Waals surface area contributed by atoms with E-state index in [9.17, 15) is 4.79 Å². The first kappa shape index (κ1) is 24.4. The van der Waals surface area contributed by atoms with Crippen LogP contribution in [0.5, 0.6) is 0 Å². The van der Waals surface area contributed by atoms with Gasteiger partial charge in [0, 0.05) is 36.5 Å². The van der Waals surface area contributed by atoms with Gasteiger partial charge in [0.2, 0.25) is 0 Å². The predicted octanol–water partition coefficient (Wildman–Crippen LogP) is 2.13. The van der Waals surface area contributed by atoms with E-state index in [1.165, 1.54) is 0 Å². The Hall–Kier alpha value is -3.73. The van der Waals surface area contributed by atoms with Crippen LogP contribution in [0.15, 0.2) is 28.8 Å². The number of fused-ring (bicyclic) bond motifs is 2. The second kappa shape index (κ2) is 10.3. The summed E-state index contributed by atoms with van der Waals surface area (Å²) in [6.07, 6.45) is 2.16. The Morgan fingerprint density at radius 2 is 1.71 bits per heavy atom. The molecule has 2 aliphatic rings. The first-order valence-electron chi connectivity index (χ1n) is 11.6. The maximum Gasteiger partial charge on any atom is 0.414 e. The average molecular weight is 484 g/mol. The van der Waals surface area contributed by atoms with E-state index >= 15 is 0 Å². The maximum absolute atomic E-state index is 12.9. The van der Waals surface area contributed by atoms with Gasteiger partial charge in [-0.3, -0.25) is 9.48 Å². The zero-order valence-electron chi connectivity index (χ0n) is 19.8. The lowest BCUT2D eigenvalue weighted by molar-refractivity contribution is -0.159. The number of para-hydroxylation sites is 1. The molecule has 1 aromatic carbocycles. The summed E-state index contributed by atoms with van der Waals surface area (Å²) in [5.74, 6) is -3.07. The molecule has 0 spiro atoms. The molecule has 2 N–H and O–H groups in total. The highest BCUT2D eigenvalue weighted by Crippen LogP contribution is 2.32. The number of aliphatic carboxylic acids is 2. The predicted molar refractivity (Wildman–Crippen MR) is 125 cm³/mol. The number of aromatic nitrogens is 3. The Morgan fingerprint density at radius 1 is 1.03 bits per heavy atom. The first-order chi connectivity index (χ1) is 16.8. The molecule has 1 saturated heterocycles. The molecule has 0 radical (unpaired) electrons. The van der Waals surface area contributed by atoms with Gasteiger partial charge < -0.3 is 24.5 Å². The van der Waals surface area contributed by atoms with Gasteiger partial charge in [-0.25, -0.2) is 9.59 Å². The summed E-state index contributed by atoms with van der Waals surface area (Å²) < 4.78 is 7.37. The molecule has 1 amide bonds. The molecule has 2 aliphatic heterocycles. The average Bonchev–Trinajstić information content (AvgIpc) is 3.40. The lowest BCUT2D eigenvalue weighted by Crippen LogP contribution is -2.45. The monoisotopic (exact) mass is 483 g/mol. The fourth-order valence-electron chi connectivity index (χ4n) is 4.68. The van der Waals surface area contributed by atoms with Crippen molar-refractivity contribution in [1.82, 2.24) is 24.7 Å². The number of amides is 1. The maximum atomic E-state index is 12.9. The van der Waals surface area contributed by atoms with Crippen molar-refractivity contribution in [3.8, 4) is 0 Å². The highest BCUT2D eigenvalue weighted by atomic mass is 16.5. The van der Waals surface area contributed by atoms with Crippen LogP contribution in [0.25, 0.3) is 11.0 Å². The van der Waals surface area contributed by atoms with E-state index in [0.29, 0.717) is 5.92 Å². The van der Waals surface area contributed by atoms with Crippen molar-refractivity contribution in [3.63, 3.8) is 0 Å². The van der Waals surface area contributed by atoms with Crippen molar-refractivity contribution in [3.05, 3.63) is 46.9 Å². The van der Waals surface area contributed by atoms with Gasteiger partial charge in [-0.05, 0) is 51.9 Å². The Bertz CT molecular complexity index is 1230. The van der Waals surface area contributed by atoms with E-state index in [1.807, 2.05) is 41.6 Å². The molecule has 11 heteroatoms. The molecule has 186 valence electrons. The normalized spacial score (nSPS) is 16.6. The van der Waals surface area contributed by atoms with Crippen molar-refractivity contribution < 1.29 is 29.1 Å². The highest BCUT2D eigenvalue weighted by Gasteiger charge is 2.30. The number of carbonyl (C=O) groups is 3. The van der Waals surface area contributed by atoms with Crippen LogP contribution in [0.3, 0.4) is 0 Å². The topological polar surface area (TPSA) is 142 Å². The van der Waals surface area contributed by atoms with Gasteiger partial charge in [0.05, 0.1) is 17.9 Å². The van der Waals surface area contributed by atoms with E-state index < -0.39 is 11.9 Å². The molecule has 0 atom stereocenters. The van der Waals surface area contributed by atoms with E-state index in [-0.39, 0.29) is 5.91 Å². The van der Waals surface area contributed by atoms with Crippen LogP contribution in [-0.4, -0.2) is 85.5 Å². The molecule has 11 nitrogen and oxygen atoms in total. The molecule has 1 fully saturated rings. The quantitative estimate of drug-likeness (QED) is 0.534. The third-order valence-corrected chi connectivity index (χ3v) is 6.75. The summed E-state index contributed by atoms with van der Waals surface area (Å²) in [5.41, 5.74) is 4.72. The Morgan fingerprint density at radius 3 is 2.40 bits per heavy atom. The second-order valence-corrected chi connectivity index (χ2v) is 8.86. The van der Waals surface area contributed by atoms with Gasteiger partial charge in [-0.1, -0.05) is 17.3 Å². The standard InChI is InChI=1S/C22H27N5O2.C2H2O4/c1-15-16(2)23-27-14-13-26(22(28)21(15)27)12-11-25-9-7-17(8-10-25)20-18-5-3-4-6-19(18)29-24-20;3-1(4)2(5)6/h3-6,17H,7-14H2,1-2H3;(H,3,4)(H,5,6). The molecule has 0 saturated carbocycles. The third kappa shape index (κ3) is 5.19. The van der Waals surface area contributed by atoms with Crippen molar-refractivity contribution >= 4 is 28.8 Å². The van der Waals surface area contributed by atoms with Crippen LogP contribution >= 0.6 is 0 Å². The Balaban J connectivity index is 0.000000431. The minimum absolute atomic E-state index is 0.123. The number of aryl methyl sites for hydroxylation is 1. The lowest BCUT2D eigenvalue weighted by Gasteiger charge is -2.34. The molecule has 0 aliphatic carbocycles. The minimum atomic E-state index is -1.82. The minimum Gasteiger partial charge on any atom is -0.473 e. The summed E-state index contributed by atoms with van der Waals surface area (Å²) in [7, 11) is 0. The molecular formula is C24H29N5O6. The molecule has 4 heterocycles. The number of carboxylic acids is 2. The van der Waals surface area contributed by atoms with Gasteiger partial charge in [0.1, 0.15) is 5.69 Å². The number of carboxylic acid groups (broad SMARTS) is 2. The van der Waals surface area contributed by atoms with Crippen molar-refractivity contribution in [2.75, 3.05) is 32.7 Å². The van der Waals surface area contributed by atoms with Crippen LogP contribution in [0.2, 0.25) is 0 Å². The number of nitrogens with zero attached hydrogens (tertiary/aromatic N) is 5. The number of piperidine rings is 1. The van der Waals surface area contributed by atoms with Crippen molar-refractivity contribution in [2.24, 2.45) is 0 Å². The SMILES string of the molecule is Cc1nn2c(c1C)C(=O)N(CCN1CCC(c3noc4ccccc34)CC1)CC2.O=C(O)C(=O)O. The summed E-state index contributed by atoms with van der Waals surface area (Å²) in [6, 6.07) is 8.11. The summed E-state index contributed by atoms with van der Waals surface area (Å²) >= 11 is 0. The zero-order valence-corrected chi connectivity index (χ0v) is 19.8. The number of hydrogen-bond acceptors (Lipinski definition) is 7. The lowest BCUT2D eigenvalue weighted by atomic mass is 9.91. The molecule has 0 unspecified atom stereocenters. The smallest absolute Gasteiger partial charge is 0.414 e. The van der Waals surface area contributed by atoms with Gasteiger partial charge in [0.25, 0.3) is 5.91 Å². The van der Waals surface area contributed by atoms with Crippen LogP contribution in [0.4, 0.5) is 0 Å². The van der Waals surface area contributed by atoms with E-state index in [0.717, 1.165) is 85.7 Å². The second-order valence-electron chi connectivity index (χ2n) is 8.86. The van der Waals surface area contributed by atoms with Gasteiger partial charge in [-0.15, -0.1) is 0 Å².